The number of benzene rings is 3. The number of rotatable bonds is 7. The van der Waals surface area contributed by atoms with Crippen LogP contribution < -0.4 is 20.9 Å². The SMILES string of the molecule is COc1cc2ccccc2cc1C(C)NNC(=O)CNC(=O)c1ccc(C)c(C)c1. The third-order valence-corrected chi connectivity index (χ3v) is 5.17. The molecule has 156 valence electrons. The Morgan fingerprint density at radius 2 is 1.67 bits per heavy atom. The fourth-order valence-electron chi connectivity index (χ4n) is 3.21. The van der Waals surface area contributed by atoms with Crippen LogP contribution in [0.3, 0.4) is 0 Å². The zero-order valence-electron chi connectivity index (χ0n) is 17.7. The van der Waals surface area contributed by atoms with Crippen LogP contribution in [-0.2, 0) is 4.79 Å². The van der Waals surface area contributed by atoms with E-state index >= 15 is 0 Å². The maximum atomic E-state index is 12.3. The summed E-state index contributed by atoms with van der Waals surface area (Å²) in [6.07, 6.45) is 0. The molecule has 0 aromatic heterocycles. The van der Waals surface area contributed by atoms with E-state index in [1.165, 1.54) is 0 Å². The second kappa shape index (κ2) is 9.41. The van der Waals surface area contributed by atoms with E-state index in [1.807, 2.05) is 69.3 Å². The third-order valence-electron chi connectivity index (χ3n) is 5.17. The number of ether oxygens (including phenoxy) is 1. The second-order valence-corrected chi connectivity index (χ2v) is 7.34. The molecule has 0 spiro atoms. The summed E-state index contributed by atoms with van der Waals surface area (Å²) in [6, 6.07) is 17.3. The molecule has 0 radical (unpaired) electrons. The number of carbonyl (C=O) groups is 2. The van der Waals surface area contributed by atoms with E-state index in [-0.39, 0.29) is 24.4 Å². The van der Waals surface area contributed by atoms with E-state index in [2.05, 4.69) is 16.2 Å². The Kier molecular flexibility index (Phi) is 6.69. The topological polar surface area (TPSA) is 79.5 Å². The highest BCUT2D eigenvalue weighted by Gasteiger charge is 2.14. The van der Waals surface area contributed by atoms with Gasteiger partial charge >= 0.3 is 0 Å². The van der Waals surface area contributed by atoms with Crippen LogP contribution in [0.2, 0.25) is 0 Å². The Bertz CT molecular complexity index is 1080. The smallest absolute Gasteiger partial charge is 0.253 e. The summed E-state index contributed by atoms with van der Waals surface area (Å²) in [5, 5.41) is 4.82. The van der Waals surface area contributed by atoms with Gasteiger partial charge in [0.25, 0.3) is 11.8 Å². The summed E-state index contributed by atoms with van der Waals surface area (Å²) in [6.45, 7) is 5.74. The first-order valence-electron chi connectivity index (χ1n) is 9.85. The van der Waals surface area contributed by atoms with E-state index < -0.39 is 0 Å². The highest BCUT2D eigenvalue weighted by molar-refractivity contribution is 5.96. The van der Waals surface area contributed by atoms with E-state index in [0.29, 0.717) is 5.56 Å². The molecule has 6 nitrogen and oxygen atoms in total. The monoisotopic (exact) mass is 405 g/mol. The predicted octanol–water partition coefficient (Wildman–Crippen LogP) is 3.58. The summed E-state index contributed by atoms with van der Waals surface area (Å²) in [5.74, 6) is 0.127. The van der Waals surface area contributed by atoms with E-state index in [1.54, 1.807) is 13.2 Å². The van der Waals surface area contributed by atoms with Crippen LogP contribution in [0.1, 0.15) is 40.0 Å². The molecule has 0 bridgehead atoms. The molecule has 1 unspecified atom stereocenters. The van der Waals surface area contributed by atoms with Crippen molar-refractivity contribution in [2.75, 3.05) is 13.7 Å². The Morgan fingerprint density at radius 1 is 0.967 bits per heavy atom. The number of hydrazine groups is 1. The van der Waals surface area contributed by atoms with Crippen molar-refractivity contribution in [3.8, 4) is 5.75 Å². The van der Waals surface area contributed by atoms with Crippen molar-refractivity contribution in [3.05, 3.63) is 76.9 Å². The van der Waals surface area contributed by atoms with Gasteiger partial charge in [0.1, 0.15) is 5.75 Å². The lowest BCUT2D eigenvalue weighted by molar-refractivity contribution is -0.121. The minimum Gasteiger partial charge on any atom is -0.496 e. The number of methoxy groups -OCH3 is 1. The average Bonchev–Trinajstić information content (AvgIpc) is 2.76. The van der Waals surface area contributed by atoms with Gasteiger partial charge in [0, 0.05) is 11.1 Å². The molecule has 0 aliphatic carbocycles. The molecular formula is C24H27N3O3. The minimum atomic E-state index is -0.334. The predicted molar refractivity (Wildman–Crippen MR) is 118 cm³/mol. The molecule has 6 heteroatoms. The molecule has 0 saturated heterocycles. The number of hydrogen-bond donors (Lipinski definition) is 3. The van der Waals surface area contributed by atoms with Crippen LogP contribution in [0.4, 0.5) is 0 Å². The van der Waals surface area contributed by atoms with E-state index in [4.69, 9.17) is 4.74 Å². The van der Waals surface area contributed by atoms with Gasteiger partial charge < -0.3 is 10.1 Å². The molecule has 3 N–H and O–H groups in total. The molecule has 0 aliphatic heterocycles. The van der Waals surface area contributed by atoms with Crippen LogP contribution in [0.15, 0.2) is 54.6 Å². The van der Waals surface area contributed by atoms with Crippen LogP contribution in [0.25, 0.3) is 10.8 Å². The van der Waals surface area contributed by atoms with Crippen molar-refractivity contribution in [1.82, 2.24) is 16.2 Å². The molecule has 3 rings (SSSR count). The number of carbonyl (C=O) groups excluding carboxylic acids is 2. The van der Waals surface area contributed by atoms with Gasteiger partial charge in [-0.2, -0.15) is 0 Å². The standard InChI is InChI=1S/C24H27N3O3/c1-15-9-10-20(11-16(15)2)24(29)25-14-23(28)27-26-17(3)21-12-18-7-5-6-8-19(18)13-22(21)30-4/h5-13,17,26H,14H2,1-4H3,(H,25,29)(H,27,28). The van der Waals surface area contributed by atoms with Crippen molar-refractivity contribution in [3.63, 3.8) is 0 Å². The van der Waals surface area contributed by atoms with Gasteiger partial charge in [0.05, 0.1) is 19.7 Å². The second-order valence-electron chi connectivity index (χ2n) is 7.34. The molecule has 0 saturated carbocycles. The van der Waals surface area contributed by atoms with Crippen LogP contribution in [0.5, 0.6) is 5.75 Å². The molecule has 0 aliphatic rings. The van der Waals surface area contributed by atoms with E-state index in [9.17, 15) is 9.59 Å². The van der Waals surface area contributed by atoms with Crippen LogP contribution >= 0.6 is 0 Å². The largest absolute Gasteiger partial charge is 0.496 e. The zero-order valence-corrected chi connectivity index (χ0v) is 17.7. The van der Waals surface area contributed by atoms with E-state index in [0.717, 1.165) is 33.2 Å². The molecule has 30 heavy (non-hydrogen) atoms. The third kappa shape index (κ3) is 4.96. The Hall–Kier alpha value is -3.38. The first kappa shape index (κ1) is 21.3. The Morgan fingerprint density at radius 3 is 2.33 bits per heavy atom. The van der Waals surface area contributed by atoms with Gasteiger partial charge in [-0.25, -0.2) is 5.43 Å². The Balaban J connectivity index is 1.57. The van der Waals surface area contributed by atoms with Gasteiger partial charge in [-0.05, 0) is 66.9 Å². The summed E-state index contributed by atoms with van der Waals surface area (Å²) in [4.78, 5) is 24.4. The van der Waals surface area contributed by atoms with Crippen molar-refractivity contribution < 1.29 is 14.3 Å². The van der Waals surface area contributed by atoms with Gasteiger partial charge in [0.2, 0.25) is 0 Å². The van der Waals surface area contributed by atoms with Gasteiger partial charge in [-0.15, -0.1) is 0 Å². The van der Waals surface area contributed by atoms with Crippen LogP contribution in [-0.4, -0.2) is 25.5 Å². The Labute approximate surface area is 176 Å². The zero-order chi connectivity index (χ0) is 21.7. The van der Waals surface area contributed by atoms with Crippen molar-refractivity contribution in [1.29, 1.82) is 0 Å². The average molecular weight is 405 g/mol. The lowest BCUT2D eigenvalue weighted by Gasteiger charge is -2.19. The lowest BCUT2D eigenvalue weighted by atomic mass is 10.0. The van der Waals surface area contributed by atoms with Gasteiger partial charge in [-0.1, -0.05) is 30.3 Å². The molecular weight excluding hydrogens is 378 g/mol. The van der Waals surface area contributed by atoms with Crippen molar-refractivity contribution in [2.45, 2.75) is 26.8 Å². The summed E-state index contributed by atoms with van der Waals surface area (Å²) in [5.41, 5.74) is 9.25. The fourth-order valence-corrected chi connectivity index (χ4v) is 3.21. The number of amides is 2. The molecule has 0 heterocycles. The van der Waals surface area contributed by atoms with Gasteiger partial charge in [0.15, 0.2) is 0 Å². The summed E-state index contributed by atoms with van der Waals surface area (Å²) in [7, 11) is 1.63. The normalized spacial score (nSPS) is 11.7. The molecule has 1 atom stereocenters. The molecule has 2 amide bonds. The number of hydrogen-bond acceptors (Lipinski definition) is 4. The first-order chi connectivity index (χ1) is 14.4. The van der Waals surface area contributed by atoms with Crippen LogP contribution in [0, 0.1) is 13.8 Å². The molecule has 3 aromatic rings. The molecule has 0 fully saturated rings. The summed E-state index contributed by atoms with van der Waals surface area (Å²) >= 11 is 0. The quantitative estimate of drug-likeness (QED) is 0.525. The highest BCUT2D eigenvalue weighted by Crippen LogP contribution is 2.30. The number of aryl methyl sites for hydroxylation is 2. The van der Waals surface area contributed by atoms with Crippen molar-refractivity contribution >= 4 is 22.6 Å². The lowest BCUT2D eigenvalue weighted by Crippen LogP contribution is -2.44. The minimum absolute atomic E-state index is 0.125. The maximum absolute atomic E-state index is 12.3. The number of fused-ring (bicyclic) bond motifs is 1. The maximum Gasteiger partial charge on any atom is 0.253 e. The van der Waals surface area contributed by atoms with Gasteiger partial charge in [-0.3, -0.25) is 15.0 Å². The number of nitrogens with one attached hydrogen (secondary N) is 3. The highest BCUT2D eigenvalue weighted by atomic mass is 16.5. The fraction of sp³-hybridized carbons (Fsp3) is 0.250. The molecule has 3 aromatic carbocycles. The first-order valence-corrected chi connectivity index (χ1v) is 9.85. The van der Waals surface area contributed by atoms with Crippen molar-refractivity contribution in [2.24, 2.45) is 0 Å². The summed E-state index contributed by atoms with van der Waals surface area (Å²) < 4.78 is 5.52.